The summed E-state index contributed by atoms with van der Waals surface area (Å²) >= 11 is 1.89. The van der Waals surface area contributed by atoms with Crippen LogP contribution in [0.5, 0.6) is 0 Å². The molecule has 0 amide bonds. The molecular formula is C38H20N2S. The van der Waals surface area contributed by atoms with E-state index in [2.05, 4.69) is 103 Å². The quantitative estimate of drug-likeness (QED) is 0.205. The van der Waals surface area contributed by atoms with Gasteiger partial charge in [0, 0.05) is 31.3 Å². The summed E-state index contributed by atoms with van der Waals surface area (Å²) in [5, 5.41) is 10.7. The molecule has 0 atom stereocenters. The maximum atomic E-state index is 5.17. The second-order valence-electron chi connectivity index (χ2n) is 10.9. The molecular weight excluding hydrogens is 516 g/mol. The van der Waals surface area contributed by atoms with Crippen LogP contribution in [0.15, 0.2) is 121 Å². The van der Waals surface area contributed by atoms with Crippen molar-refractivity contribution in [1.29, 1.82) is 0 Å². The summed E-state index contributed by atoms with van der Waals surface area (Å²) in [6, 6.07) is 43.8. The maximum absolute atomic E-state index is 5.17. The van der Waals surface area contributed by atoms with Gasteiger partial charge < -0.3 is 0 Å². The molecule has 0 aliphatic heterocycles. The first-order valence-corrected chi connectivity index (χ1v) is 14.7. The average molecular weight is 537 g/mol. The van der Waals surface area contributed by atoms with Crippen molar-refractivity contribution in [3.8, 4) is 33.6 Å². The van der Waals surface area contributed by atoms with Crippen LogP contribution in [-0.4, -0.2) is 9.97 Å². The predicted octanol–water partition coefficient (Wildman–Crippen LogP) is 10.8. The first-order chi connectivity index (χ1) is 20.3. The molecule has 6 aromatic carbocycles. The number of rotatable bonds is 2. The number of pyridine rings is 2. The second kappa shape index (κ2) is 7.75. The molecule has 3 heterocycles. The average Bonchev–Trinajstić information content (AvgIpc) is 3.36. The van der Waals surface area contributed by atoms with Crippen LogP contribution in [0, 0.1) is 0 Å². The molecule has 9 aromatic rings. The second-order valence-corrected chi connectivity index (χ2v) is 12.0. The summed E-state index contributed by atoms with van der Waals surface area (Å²) in [6.45, 7) is 0. The van der Waals surface area contributed by atoms with Gasteiger partial charge in [0.25, 0.3) is 0 Å². The van der Waals surface area contributed by atoms with E-state index >= 15 is 0 Å². The van der Waals surface area contributed by atoms with Crippen LogP contribution in [0.2, 0.25) is 0 Å². The fourth-order valence-corrected chi connectivity index (χ4v) is 8.16. The largest absolute Gasteiger partial charge is 0.246 e. The van der Waals surface area contributed by atoms with Crippen LogP contribution >= 0.6 is 11.3 Å². The van der Waals surface area contributed by atoms with E-state index in [0.29, 0.717) is 0 Å². The number of nitrogens with zero attached hydrogens (tertiary/aromatic N) is 2. The van der Waals surface area contributed by atoms with Crippen LogP contribution in [0.1, 0.15) is 0 Å². The molecule has 0 unspecified atom stereocenters. The van der Waals surface area contributed by atoms with E-state index in [1.165, 1.54) is 69.2 Å². The SMILES string of the molecule is c1ccc(-c2ccc3nc(-c4cc5sc6ccc7ccc8cccc9c8c7c6c5c5c-9cccc45)ccc3n2)cc1. The van der Waals surface area contributed by atoms with Gasteiger partial charge in [-0.1, -0.05) is 84.9 Å². The van der Waals surface area contributed by atoms with E-state index in [1.807, 2.05) is 29.5 Å². The molecule has 2 nitrogen and oxygen atoms in total. The molecule has 41 heavy (non-hydrogen) atoms. The molecule has 0 N–H and O–H groups in total. The van der Waals surface area contributed by atoms with E-state index < -0.39 is 0 Å². The van der Waals surface area contributed by atoms with Crippen molar-refractivity contribution >= 4 is 74.9 Å². The predicted molar refractivity (Wildman–Crippen MR) is 175 cm³/mol. The zero-order valence-electron chi connectivity index (χ0n) is 21.8. The Hall–Kier alpha value is -5.12. The molecule has 0 bridgehead atoms. The van der Waals surface area contributed by atoms with E-state index in [0.717, 1.165) is 28.0 Å². The lowest BCUT2D eigenvalue weighted by molar-refractivity contribution is 1.34. The fourth-order valence-electron chi connectivity index (χ4n) is 7.00. The van der Waals surface area contributed by atoms with Crippen molar-refractivity contribution in [2.24, 2.45) is 0 Å². The Morgan fingerprint density at radius 3 is 1.95 bits per heavy atom. The van der Waals surface area contributed by atoms with Gasteiger partial charge in [-0.15, -0.1) is 11.3 Å². The Labute approximate surface area is 239 Å². The third-order valence-corrected chi connectivity index (χ3v) is 9.86. The number of hydrogen-bond acceptors (Lipinski definition) is 3. The summed E-state index contributed by atoms with van der Waals surface area (Å²) < 4.78 is 2.65. The van der Waals surface area contributed by atoms with Gasteiger partial charge in [-0.2, -0.15) is 0 Å². The molecule has 0 saturated heterocycles. The Bertz CT molecular complexity index is 2580. The summed E-state index contributed by atoms with van der Waals surface area (Å²) in [4.78, 5) is 10.1. The van der Waals surface area contributed by atoms with Crippen LogP contribution in [-0.2, 0) is 0 Å². The van der Waals surface area contributed by atoms with Crippen molar-refractivity contribution in [3.05, 3.63) is 121 Å². The van der Waals surface area contributed by atoms with E-state index in [-0.39, 0.29) is 0 Å². The highest BCUT2D eigenvalue weighted by Crippen LogP contribution is 2.52. The Morgan fingerprint density at radius 2 is 1.10 bits per heavy atom. The molecule has 10 rings (SSSR count). The Kier molecular flexibility index (Phi) is 4.10. The van der Waals surface area contributed by atoms with Gasteiger partial charge in [0.15, 0.2) is 0 Å². The lowest BCUT2D eigenvalue weighted by Gasteiger charge is -2.14. The number of aromatic nitrogens is 2. The number of thiophene rings is 1. The van der Waals surface area contributed by atoms with E-state index in [4.69, 9.17) is 9.97 Å². The lowest BCUT2D eigenvalue weighted by atomic mass is 9.91. The zero-order valence-corrected chi connectivity index (χ0v) is 22.7. The van der Waals surface area contributed by atoms with E-state index in [1.54, 1.807) is 0 Å². The third-order valence-electron chi connectivity index (χ3n) is 8.76. The standard InChI is InChI=1S/C38H20N2S/c1-2-6-21(7-3-1)28-15-17-31-30(39-28)18-16-29(40-31)27-20-33-38-36-25(10-5-11-26(27)36)24-9-4-8-22-12-13-23-14-19-32(41-33)37(38)35(23)34(22)24/h1-20H. The molecule has 0 fully saturated rings. The van der Waals surface area contributed by atoms with Gasteiger partial charge in [-0.05, 0) is 79.8 Å². The maximum Gasteiger partial charge on any atom is 0.0894 e. The van der Waals surface area contributed by atoms with Crippen molar-refractivity contribution in [2.45, 2.75) is 0 Å². The molecule has 3 aromatic heterocycles. The van der Waals surface area contributed by atoms with Gasteiger partial charge in [0.05, 0.1) is 22.4 Å². The van der Waals surface area contributed by atoms with Crippen molar-refractivity contribution in [3.63, 3.8) is 0 Å². The molecule has 0 radical (unpaired) electrons. The molecule has 1 aliphatic carbocycles. The van der Waals surface area contributed by atoms with Gasteiger partial charge in [-0.3, -0.25) is 0 Å². The third kappa shape index (κ3) is 2.86. The van der Waals surface area contributed by atoms with E-state index in [9.17, 15) is 0 Å². The first-order valence-electron chi connectivity index (χ1n) is 13.9. The minimum Gasteiger partial charge on any atom is -0.246 e. The molecule has 0 spiro atoms. The summed E-state index contributed by atoms with van der Waals surface area (Å²) in [6.07, 6.45) is 0. The highest BCUT2D eigenvalue weighted by molar-refractivity contribution is 7.26. The summed E-state index contributed by atoms with van der Waals surface area (Å²) in [5.41, 5.74) is 8.67. The number of fused-ring (bicyclic) bond motifs is 2. The molecule has 188 valence electrons. The highest BCUT2D eigenvalue weighted by Gasteiger charge is 2.23. The van der Waals surface area contributed by atoms with Crippen LogP contribution in [0.4, 0.5) is 0 Å². The van der Waals surface area contributed by atoms with Gasteiger partial charge in [-0.25, -0.2) is 9.97 Å². The molecule has 0 saturated carbocycles. The minimum absolute atomic E-state index is 0.908. The highest BCUT2D eigenvalue weighted by atomic mass is 32.1. The number of benzene rings is 6. The normalized spacial score (nSPS) is 12.4. The monoisotopic (exact) mass is 536 g/mol. The van der Waals surface area contributed by atoms with Crippen LogP contribution in [0.25, 0.3) is 97.2 Å². The molecule has 3 heteroatoms. The number of hydrogen-bond donors (Lipinski definition) is 0. The van der Waals surface area contributed by atoms with Crippen molar-refractivity contribution < 1.29 is 0 Å². The zero-order chi connectivity index (χ0) is 26.7. The van der Waals surface area contributed by atoms with Gasteiger partial charge in [0.2, 0.25) is 0 Å². The minimum atomic E-state index is 0.908. The Balaban J connectivity index is 1.30. The van der Waals surface area contributed by atoms with Gasteiger partial charge in [0.1, 0.15) is 0 Å². The van der Waals surface area contributed by atoms with Crippen LogP contribution in [0.3, 0.4) is 0 Å². The van der Waals surface area contributed by atoms with Crippen molar-refractivity contribution in [2.75, 3.05) is 0 Å². The van der Waals surface area contributed by atoms with Crippen LogP contribution < -0.4 is 0 Å². The summed E-state index contributed by atoms with van der Waals surface area (Å²) in [7, 11) is 0. The fraction of sp³-hybridized carbons (Fsp3) is 0. The van der Waals surface area contributed by atoms with Crippen molar-refractivity contribution in [1.82, 2.24) is 9.97 Å². The molecule has 1 aliphatic rings. The lowest BCUT2D eigenvalue weighted by Crippen LogP contribution is -1.91. The van der Waals surface area contributed by atoms with Gasteiger partial charge >= 0.3 is 0 Å². The Morgan fingerprint density at radius 1 is 0.415 bits per heavy atom. The topological polar surface area (TPSA) is 25.8 Å². The smallest absolute Gasteiger partial charge is 0.0894 e. The summed E-state index contributed by atoms with van der Waals surface area (Å²) in [5.74, 6) is 0. The first kappa shape index (κ1) is 21.7.